The molecular formula is C15H20N2OS. The van der Waals surface area contributed by atoms with Gasteiger partial charge in [0.1, 0.15) is 6.26 Å². The molecule has 1 N–H and O–H groups in total. The second-order valence-electron chi connectivity index (χ2n) is 4.53. The third-order valence-corrected chi connectivity index (χ3v) is 3.82. The molecule has 0 saturated heterocycles. The highest BCUT2D eigenvalue weighted by molar-refractivity contribution is 7.99. The fourth-order valence-corrected chi connectivity index (χ4v) is 2.79. The van der Waals surface area contributed by atoms with Crippen molar-refractivity contribution in [1.29, 1.82) is 0 Å². The third-order valence-electron chi connectivity index (χ3n) is 2.87. The van der Waals surface area contributed by atoms with Gasteiger partial charge in [-0.3, -0.25) is 0 Å². The molecule has 0 amide bonds. The van der Waals surface area contributed by atoms with Crippen molar-refractivity contribution in [1.82, 2.24) is 10.3 Å². The van der Waals surface area contributed by atoms with E-state index in [2.05, 4.69) is 48.4 Å². The van der Waals surface area contributed by atoms with Gasteiger partial charge in [-0.05, 0) is 25.5 Å². The van der Waals surface area contributed by atoms with Crippen LogP contribution < -0.4 is 5.32 Å². The zero-order chi connectivity index (χ0) is 13.5. The Bertz CT molecular complexity index is 485. The monoisotopic (exact) mass is 276 g/mol. The predicted octanol–water partition coefficient (Wildman–Crippen LogP) is 3.82. The average molecular weight is 276 g/mol. The number of hydrogen-bond acceptors (Lipinski definition) is 4. The highest BCUT2D eigenvalue weighted by Gasteiger charge is 2.12. The van der Waals surface area contributed by atoms with Gasteiger partial charge in [-0.2, -0.15) is 0 Å². The molecule has 0 radical (unpaired) electrons. The number of hydrogen-bond donors (Lipinski definition) is 1. The Morgan fingerprint density at radius 3 is 3.00 bits per heavy atom. The predicted molar refractivity (Wildman–Crippen MR) is 79.4 cm³/mol. The number of thioether (sulfide) groups is 1. The fraction of sp³-hybridized carbons (Fsp3) is 0.400. The first-order chi connectivity index (χ1) is 9.29. The molecule has 2 rings (SSSR count). The van der Waals surface area contributed by atoms with Gasteiger partial charge in [0.15, 0.2) is 0 Å². The van der Waals surface area contributed by atoms with Gasteiger partial charge in [-0.15, -0.1) is 0 Å². The van der Waals surface area contributed by atoms with E-state index >= 15 is 0 Å². The molecule has 0 fully saturated rings. The van der Waals surface area contributed by atoms with Gasteiger partial charge in [-0.1, -0.05) is 48.5 Å². The number of aryl methyl sites for hydroxylation is 1. The molecule has 3 nitrogen and oxygen atoms in total. The Kier molecular flexibility index (Phi) is 5.48. The first kappa shape index (κ1) is 14.2. The summed E-state index contributed by atoms with van der Waals surface area (Å²) >= 11 is 1.65. The van der Waals surface area contributed by atoms with Gasteiger partial charge in [0.05, 0.1) is 6.20 Å². The minimum atomic E-state index is 0.330. The molecule has 19 heavy (non-hydrogen) atoms. The first-order valence-electron chi connectivity index (χ1n) is 6.62. The highest BCUT2D eigenvalue weighted by atomic mass is 32.2. The van der Waals surface area contributed by atoms with E-state index < -0.39 is 0 Å². The number of nitrogens with one attached hydrogen (secondary N) is 1. The van der Waals surface area contributed by atoms with E-state index in [4.69, 9.17) is 4.42 Å². The normalized spacial score (nSPS) is 12.5. The van der Waals surface area contributed by atoms with Gasteiger partial charge < -0.3 is 9.73 Å². The summed E-state index contributed by atoms with van der Waals surface area (Å²) in [5.41, 5.74) is 2.62. The lowest BCUT2D eigenvalue weighted by Gasteiger charge is -2.18. The second-order valence-corrected chi connectivity index (χ2v) is 5.50. The lowest BCUT2D eigenvalue weighted by Crippen LogP contribution is -2.24. The summed E-state index contributed by atoms with van der Waals surface area (Å²) < 4.78 is 5.27. The number of rotatable bonds is 7. The van der Waals surface area contributed by atoms with Gasteiger partial charge >= 0.3 is 0 Å². The number of oxazole rings is 1. The van der Waals surface area contributed by atoms with Crippen molar-refractivity contribution in [3.05, 3.63) is 47.9 Å². The number of aromatic nitrogens is 1. The Balaban J connectivity index is 2.02. The number of nitrogens with zero attached hydrogens (tertiary/aromatic N) is 1. The Hall–Kier alpha value is -1.26. The fourth-order valence-electron chi connectivity index (χ4n) is 1.91. The van der Waals surface area contributed by atoms with Crippen molar-refractivity contribution < 1.29 is 4.42 Å². The standard InChI is InChI=1S/C15H20N2OS/c1-3-7-16-14(11-19-15-17-8-9-18-15)13-6-4-5-12(2)10-13/h4-6,8-10,14,16H,3,7,11H2,1-2H3. The molecular weight excluding hydrogens is 256 g/mol. The van der Waals surface area contributed by atoms with E-state index in [-0.39, 0.29) is 0 Å². The molecule has 0 aliphatic heterocycles. The lowest BCUT2D eigenvalue weighted by molar-refractivity contribution is 0.453. The van der Waals surface area contributed by atoms with Crippen molar-refractivity contribution in [3.8, 4) is 0 Å². The van der Waals surface area contributed by atoms with Crippen LogP contribution in [0.2, 0.25) is 0 Å². The van der Waals surface area contributed by atoms with Crippen molar-refractivity contribution in [2.24, 2.45) is 0 Å². The van der Waals surface area contributed by atoms with Crippen molar-refractivity contribution in [2.45, 2.75) is 31.5 Å². The van der Waals surface area contributed by atoms with E-state index in [1.165, 1.54) is 11.1 Å². The van der Waals surface area contributed by atoms with Crippen LogP contribution in [0.1, 0.15) is 30.5 Å². The van der Waals surface area contributed by atoms with E-state index in [0.29, 0.717) is 6.04 Å². The van der Waals surface area contributed by atoms with Crippen molar-refractivity contribution in [2.75, 3.05) is 12.3 Å². The summed E-state index contributed by atoms with van der Waals surface area (Å²) in [5, 5.41) is 4.32. The van der Waals surface area contributed by atoms with Gasteiger partial charge in [0, 0.05) is 11.8 Å². The molecule has 0 spiro atoms. The van der Waals surface area contributed by atoms with Crippen LogP contribution in [0, 0.1) is 6.92 Å². The zero-order valence-corrected chi connectivity index (χ0v) is 12.2. The summed E-state index contributed by atoms with van der Waals surface area (Å²) in [7, 11) is 0. The Morgan fingerprint density at radius 1 is 1.42 bits per heavy atom. The highest BCUT2D eigenvalue weighted by Crippen LogP contribution is 2.24. The molecule has 1 heterocycles. The summed E-state index contributed by atoms with van der Waals surface area (Å²) in [6.45, 7) is 5.33. The van der Waals surface area contributed by atoms with Crippen LogP contribution in [-0.2, 0) is 0 Å². The third kappa shape index (κ3) is 4.40. The Morgan fingerprint density at radius 2 is 2.32 bits per heavy atom. The summed E-state index contributed by atoms with van der Waals surface area (Å²) in [5.74, 6) is 0.921. The molecule has 4 heteroatoms. The molecule has 1 unspecified atom stereocenters. The molecule has 1 aromatic heterocycles. The SMILES string of the molecule is CCCNC(CSc1ncco1)c1cccc(C)c1. The molecule has 102 valence electrons. The maximum atomic E-state index is 5.27. The van der Waals surface area contributed by atoms with Crippen LogP contribution >= 0.6 is 11.8 Å². The van der Waals surface area contributed by atoms with E-state index in [1.54, 1.807) is 24.2 Å². The smallest absolute Gasteiger partial charge is 0.255 e. The van der Waals surface area contributed by atoms with Crippen LogP contribution in [0.3, 0.4) is 0 Å². The van der Waals surface area contributed by atoms with E-state index in [1.807, 2.05) is 0 Å². The second kappa shape index (κ2) is 7.36. The minimum absolute atomic E-state index is 0.330. The summed E-state index contributed by atoms with van der Waals surface area (Å²) in [6.07, 6.45) is 4.43. The van der Waals surface area contributed by atoms with Crippen LogP contribution in [-0.4, -0.2) is 17.3 Å². The van der Waals surface area contributed by atoms with Crippen molar-refractivity contribution in [3.63, 3.8) is 0 Å². The zero-order valence-electron chi connectivity index (χ0n) is 11.4. The lowest BCUT2D eigenvalue weighted by atomic mass is 10.1. The van der Waals surface area contributed by atoms with E-state index in [0.717, 1.165) is 23.9 Å². The minimum Gasteiger partial charge on any atom is -0.440 e. The topological polar surface area (TPSA) is 38.1 Å². The first-order valence-corrected chi connectivity index (χ1v) is 7.60. The van der Waals surface area contributed by atoms with Crippen LogP contribution in [0.4, 0.5) is 0 Å². The quantitative estimate of drug-likeness (QED) is 0.780. The maximum absolute atomic E-state index is 5.27. The molecule has 0 bridgehead atoms. The van der Waals surface area contributed by atoms with E-state index in [9.17, 15) is 0 Å². The Labute approximate surface area is 118 Å². The van der Waals surface area contributed by atoms with Gasteiger partial charge in [-0.25, -0.2) is 4.98 Å². The molecule has 1 atom stereocenters. The summed E-state index contributed by atoms with van der Waals surface area (Å²) in [4.78, 5) is 4.15. The van der Waals surface area contributed by atoms with Gasteiger partial charge in [0.2, 0.25) is 0 Å². The maximum Gasteiger partial charge on any atom is 0.255 e. The van der Waals surface area contributed by atoms with Crippen LogP contribution in [0.15, 0.2) is 46.4 Å². The average Bonchev–Trinajstić information content (AvgIpc) is 2.92. The molecule has 2 aromatic rings. The molecule has 1 aromatic carbocycles. The molecule has 0 saturated carbocycles. The summed E-state index contributed by atoms with van der Waals surface area (Å²) in [6, 6.07) is 8.99. The van der Waals surface area contributed by atoms with Crippen molar-refractivity contribution >= 4 is 11.8 Å². The number of benzene rings is 1. The van der Waals surface area contributed by atoms with Gasteiger partial charge in [0.25, 0.3) is 5.22 Å². The van der Waals surface area contributed by atoms with Crippen LogP contribution in [0.25, 0.3) is 0 Å². The molecule has 0 aliphatic carbocycles. The molecule has 0 aliphatic rings. The largest absolute Gasteiger partial charge is 0.440 e. The van der Waals surface area contributed by atoms with Crippen LogP contribution in [0.5, 0.6) is 0 Å².